The summed E-state index contributed by atoms with van der Waals surface area (Å²) in [5.41, 5.74) is 0.273. The number of nitrogens with one attached hydrogen (secondary N) is 2. The fraction of sp³-hybridized carbons (Fsp3) is 0.889. The summed E-state index contributed by atoms with van der Waals surface area (Å²) >= 11 is 0. The molecule has 0 aromatic rings. The maximum absolute atomic E-state index is 7.58. The van der Waals surface area contributed by atoms with Crippen molar-refractivity contribution in [1.29, 1.82) is 5.41 Å². The zero-order chi connectivity index (χ0) is 8.22. The number of hydrogen-bond donors (Lipinski definition) is 2. The first-order valence-corrected chi connectivity index (χ1v) is 4.41. The van der Waals surface area contributed by atoms with Gasteiger partial charge in [-0.25, -0.2) is 0 Å². The quantitative estimate of drug-likeness (QED) is 0.600. The van der Waals surface area contributed by atoms with Crippen molar-refractivity contribution in [2.24, 2.45) is 17.8 Å². The van der Waals surface area contributed by atoms with Gasteiger partial charge in [0.1, 0.15) is 0 Å². The zero-order valence-corrected chi connectivity index (χ0v) is 8.66. The van der Waals surface area contributed by atoms with Crippen molar-refractivity contribution in [3.05, 3.63) is 0 Å². The third-order valence-electron chi connectivity index (χ3n) is 3.63. The lowest BCUT2D eigenvalue weighted by atomic mass is 9.94. The Hall–Kier alpha value is -0.240. The van der Waals surface area contributed by atoms with Crippen LogP contribution in [-0.4, -0.2) is 11.4 Å². The van der Waals surface area contributed by atoms with Crippen molar-refractivity contribution in [2.75, 3.05) is 0 Å². The fourth-order valence-electron chi connectivity index (χ4n) is 2.87. The van der Waals surface area contributed by atoms with E-state index >= 15 is 0 Å². The molecule has 0 spiro atoms. The maximum Gasteiger partial charge on any atom is 0.0938 e. The Bertz CT molecular complexity index is 217. The molecule has 0 aromatic carbocycles. The third kappa shape index (κ3) is 1.05. The van der Waals surface area contributed by atoms with Crippen LogP contribution in [0.2, 0.25) is 0 Å². The number of rotatable bonds is 0. The molecule has 1 heterocycles. The molecule has 2 fully saturated rings. The van der Waals surface area contributed by atoms with Crippen LogP contribution in [-0.2, 0) is 0 Å². The van der Waals surface area contributed by atoms with Crippen LogP contribution in [0.1, 0.15) is 27.2 Å². The highest BCUT2D eigenvalue weighted by atomic mass is 35.5. The highest BCUT2D eigenvalue weighted by molar-refractivity contribution is 5.85. The first-order chi connectivity index (χ1) is 5.05. The number of hydrogen-bond acceptors (Lipinski definition) is 1. The smallest absolute Gasteiger partial charge is 0.0938 e. The molecule has 0 bridgehead atoms. The summed E-state index contributed by atoms with van der Waals surface area (Å²) in [6, 6.07) is 0. The first kappa shape index (κ1) is 9.85. The predicted octanol–water partition coefficient (Wildman–Crippen LogP) is 2.04. The van der Waals surface area contributed by atoms with Crippen molar-refractivity contribution in [1.82, 2.24) is 5.32 Å². The molecular weight excluding hydrogens is 172 g/mol. The van der Waals surface area contributed by atoms with Crippen LogP contribution < -0.4 is 5.32 Å². The van der Waals surface area contributed by atoms with Crippen LogP contribution in [0.15, 0.2) is 0 Å². The van der Waals surface area contributed by atoms with E-state index in [0.29, 0.717) is 5.92 Å². The monoisotopic (exact) mass is 188 g/mol. The first-order valence-electron chi connectivity index (χ1n) is 4.41. The van der Waals surface area contributed by atoms with E-state index in [9.17, 15) is 0 Å². The molecular formula is C9H17ClN2. The lowest BCUT2D eigenvalue weighted by molar-refractivity contribution is 0.412. The van der Waals surface area contributed by atoms with E-state index in [0.717, 1.165) is 24.1 Å². The van der Waals surface area contributed by atoms with Crippen molar-refractivity contribution >= 4 is 18.2 Å². The van der Waals surface area contributed by atoms with Crippen LogP contribution >= 0.6 is 12.4 Å². The normalized spacial score (nSPS) is 50.2. The average molecular weight is 189 g/mol. The number of piperidine rings is 1. The van der Waals surface area contributed by atoms with Crippen LogP contribution in [0.3, 0.4) is 0 Å². The van der Waals surface area contributed by atoms with Gasteiger partial charge in [0.2, 0.25) is 0 Å². The minimum atomic E-state index is 0. The van der Waals surface area contributed by atoms with Crippen LogP contribution in [0.4, 0.5) is 0 Å². The van der Waals surface area contributed by atoms with Gasteiger partial charge in [0.25, 0.3) is 0 Å². The number of amidine groups is 1. The summed E-state index contributed by atoms with van der Waals surface area (Å²) in [6.07, 6.45) is 0.949. The Morgan fingerprint density at radius 3 is 2.58 bits per heavy atom. The molecule has 4 atom stereocenters. The van der Waals surface area contributed by atoms with Gasteiger partial charge in [-0.2, -0.15) is 0 Å². The number of halogens is 1. The Morgan fingerprint density at radius 1 is 1.50 bits per heavy atom. The molecule has 1 aliphatic heterocycles. The minimum Gasteiger partial charge on any atom is -0.368 e. The van der Waals surface area contributed by atoms with E-state index in [2.05, 4.69) is 26.1 Å². The second-order valence-corrected chi connectivity index (χ2v) is 4.38. The van der Waals surface area contributed by atoms with E-state index in [1.165, 1.54) is 0 Å². The fourth-order valence-corrected chi connectivity index (χ4v) is 2.87. The van der Waals surface area contributed by atoms with Gasteiger partial charge in [-0.1, -0.05) is 13.8 Å². The molecule has 2 rings (SSSR count). The molecule has 1 saturated carbocycles. The Labute approximate surface area is 80.0 Å². The van der Waals surface area contributed by atoms with Crippen LogP contribution in [0, 0.1) is 23.2 Å². The van der Waals surface area contributed by atoms with E-state index in [1.54, 1.807) is 0 Å². The Kier molecular flexibility index (Phi) is 2.15. The molecule has 2 nitrogen and oxygen atoms in total. The van der Waals surface area contributed by atoms with Crippen molar-refractivity contribution in [2.45, 2.75) is 32.7 Å². The lowest BCUT2D eigenvalue weighted by Gasteiger charge is -2.25. The molecule has 0 radical (unpaired) electrons. The van der Waals surface area contributed by atoms with Gasteiger partial charge in [0.15, 0.2) is 0 Å². The molecule has 0 amide bonds. The van der Waals surface area contributed by atoms with Crippen LogP contribution in [0.5, 0.6) is 0 Å². The van der Waals surface area contributed by atoms with Gasteiger partial charge in [0, 0.05) is 12.0 Å². The van der Waals surface area contributed by atoms with Crippen molar-refractivity contribution in [3.8, 4) is 0 Å². The number of fused-ring (bicyclic) bond motifs is 1. The molecule has 3 heteroatoms. The Morgan fingerprint density at radius 2 is 2.08 bits per heavy atom. The van der Waals surface area contributed by atoms with Gasteiger partial charge in [-0.05, 0) is 24.7 Å². The molecule has 1 aliphatic carbocycles. The van der Waals surface area contributed by atoms with Crippen LogP contribution in [0.25, 0.3) is 0 Å². The highest BCUT2D eigenvalue weighted by Crippen LogP contribution is 2.56. The topological polar surface area (TPSA) is 35.9 Å². The summed E-state index contributed by atoms with van der Waals surface area (Å²) in [6.45, 7) is 6.79. The second kappa shape index (κ2) is 2.63. The predicted molar refractivity (Wildman–Crippen MR) is 53.0 cm³/mol. The highest BCUT2D eigenvalue weighted by Gasteiger charge is 2.62. The van der Waals surface area contributed by atoms with E-state index < -0.39 is 0 Å². The van der Waals surface area contributed by atoms with Gasteiger partial charge in [-0.3, -0.25) is 5.41 Å². The van der Waals surface area contributed by atoms with Gasteiger partial charge in [0.05, 0.1) is 5.84 Å². The van der Waals surface area contributed by atoms with E-state index in [1.807, 2.05) is 0 Å². The summed E-state index contributed by atoms with van der Waals surface area (Å²) in [7, 11) is 0. The average Bonchev–Trinajstić information content (AvgIpc) is 2.33. The maximum atomic E-state index is 7.58. The largest absolute Gasteiger partial charge is 0.368 e. The third-order valence-corrected chi connectivity index (χ3v) is 3.63. The molecule has 2 aliphatic rings. The summed E-state index contributed by atoms with van der Waals surface area (Å²) in [5, 5.41) is 10.9. The molecule has 0 aromatic heterocycles. The lowest BCUT2D eigenvalue weighted by Crippen LogP contribution is -2.42. The summed E-state index contributed by atoms with van der Waals surface area (Å²) in [5.74, 6) is 3.03. The molecule has 1 saturated heterocycles. The van der Waals surface area contributed by atoms with Crippen molar-refractivity contribution in [3.63, 3.8) is 0 Å². The Balaban J connectivity index is 0.000000720. The molecule has 70 valence electrons. The SMILES string of the molecule is CC1CC(=N)NC2(C)C(C)C12.Cl. The van der Waals surface area contributed by atoms with Gasteiger partial charge in [-0.15, -0.1) is 12.4 Å². The summed E-state index contributed by atoms with van der Waals surface area (Å²) < 4.78 is 0. The van der Waals surface area contributed by atoms with E-state index in [-0.39, 0.29) is 17.9 Å². The molecule has 12 heavy (non-hydrogen) atoms. The minimum absolute atomic E-state index is 0. The van der Waals surface area contributed by atoms with Gasteiger partial charge < -0.3 is 5.32 Å². The standard InChI is InChI=1S/C9H16N2.ClH/c1-5-4-7(10)11-9(3)6(2)8(5)9;/h5-6,8H,4H2,1-3H3,(H2,10,11);1H. The summed E-state index contributed by atoms with van der Waals surface area (Å²) in [4.78, 5) is 0. The second-order valence-electron chi connectivity index (χ2n) is 4.38. The van der Waals surface area contributed by atoms with Gasteiger partial charge >= 0.3 is 0 Å². The zero-order valence-electron chi connectivity index (χ0n) is 7.85. The van der Waals surface area contributed by atoms with E-state index in [4.69, 9.17) is 5.41 Å². The van der Waals surface area contributed by atoms with Crippen molar-refractivity contribution < 1.29 is 0 Å². The molecule has 4 unspecified atom stereocenters. The molecule has 2 N–H and O–H groups in total.